The summed E-state index contributed by atoms with van der Waals surface area (Å²) in [4.78, 5) is 14.3. The second-order valence-corrected chi connectivity index (χ2v) is 5.30. The Morgan fingerprint density at radius 2 is 1.85 bits per heavy atom. The van der Waals surface area contributed by atoms with Crippen LogP contribution in [0, 0.1) is 0 Å². The van der Waals surface area contributed by atoms with Crippen LogP contribution in [-0.4, -0.2) is 12.1 Å². The van der Waals surface area contributed by atoms with Crippen molar-refractivity contribution in [3.63, 3.8) is 0 Å². The number of aromatic amines is 1. The molecule has 1 aromatic heterocycles. The summed E-state index contributed by atoms with van der Waals surface area (Å²) in [5.41, 5.74) is 2.65. The Kier molecular flexibility index (Phi) is 3.32. The zero-order valence-electron chi connectivity index (χ0n) is 10.8. The molecule has 0 saturated heterocycles. The molecule has 0 bridgehead atoms. The Morgan fingerprint density at radius 3 is 2.60 bits per heavy atom. The maximum Gasteiger partial charge on any atom is 0.248 e. The maximum absolute atomic E-state index is 11.5. The summed E-state index contributed by atoms with van der Waals surface area (Å²) >= 11 is 3.55. The van der Waals surface area contributed by atoms with Crippen LogP contribution in [0.4, 0.5) is 0 Å². The van der Waals surface area contributed by atoms with Gasteiger partial charge in [0.25, 0.3) is 0 Å². The number of hydrogen-bond donors (Lipinski definition) is 1. The molecule has 0 spiro atoms. The number of hydrogen-bond acceptors (Lipinski definition) is 2. The van der Waals surface area contributed by atoms with Gasteiger partial charge in [0.15, 0.2) is 0 Å². The van der Waals surface area contributed by atoms with Gasteiger partial charge < -0.3 is 9.72 Å². The molecule has 0 aliphatic heterocycles. The quantitative estimate of drug-likeness (QED) is 0.773. The Morgan fingerprint density at radius 1 is 1.05 bits per heavy atom. The van der Waals surface area contributed by atoms with Gasteiger partial charge in [-0.1, -0.05) is 34.1 Å². The standard InChI is InChI=1S/C16H12BrNO2/c1-20-15-8-10-6-7-16(19)18-14(10)9-12(15)11-4-2-3-5-13(11)17/h2-9H,1H3,(H,18,19). The fourth-order valence-corrected chi connectivity index (χ4v) is 2.74. The highest BCUT2D eigenvalue weighted by atomic mass is 79.9. The zero-order valence-corrected chi connectivity index (χ0v) is 12.4. The van der Waals surface area contributed by atoms with E-state index < -0.39 is 0 Å². The molecule has 3 rings (SSSR count). The van der Waals surface area contributed by atoms with Crippen LogP contribution in [0.25, 0.3) is 22.0 Å². The average Bonchev–Trinajstić information content (AvgIpc) is 2.46. The number of fused-ring (bicyclic) bond motifs is 1. The number of nitrogens with one attached hydrogen (secondary N) is 1. The molecule has 1 N–H and O–H groups in total. The fraction of sp³-hybridized carbons (Fsp3) is 0.0625. The lowest BCUT2D eigenvalue weighted by molar-refractivity contribution is 0.417. The van der Waals surface area contributed by atoms with Crippen molar-refractivity contribution in [2.75, 3.05) is 7.11 Å². The first-order valence-corrected chi connectivity index (χ1v) is 6.94. The zero-order chi connectivity index (χ0) is 14.1. The molecule has 3 aromatic rings. The van der Waals surface area contributed by atoms with Crippen molar-refractivity contribution in [3.05, 3.63) is 63.4 Å². The summed E-state index contributed by atoms with van der Waals surface area (Å²) in [7, 11) is 1.65. The predicted molar refractivity (Wildman–Crippen MR) is 84.3 cm³/mol. The Balaban J connectivity index is 2.34. The minimum absolute atomic E-state index is 0.110. The molecule has 0 amide bonds. The van der Waals surface area contributed by atoms with Crippen LogP contribution in [0.2, 0.25) is 0 Å². The number of ether oxygens (including phenoxy) is 1. The van der Waals surface area contributed by atoms with Crippen LogP contribution in [0.15, 0.2) is 57.8 Å². The van der Waals surface area contributed by atoms with E-state index in [2.05, 4.69) is 20.9 Å². The van der Waals surface area contributed by atoms with E-state index in [1.165, 1.54) is 6.07 Å². The second-order valence-electron chi connectivity index (χ2n) is 4.44. The van der Waals surface area contributed by atoms with Crippen molar-refractivity contribution in [3.8, 4) is 16.9 Å². The molecular weight excluding hydrogens is 318 g/mol. The molecule has 3 nitrogen and oxygen atoms in total. The first-order chi connectivity index (χ1) is 9.69. The SMILES string of the molecule is COc1cc2ccc(=O)[nH]c2cc1-c1ccccc1Br. The van der Waals surface area contributed by atoms with Crippen molar-refractivity contribution in [1.29, 1.82) is 0 Å². The van der Waals surface area contributed by atoms with E-state index in [0.717, 1.165) is 32.3 Å². The maximum atomic E-state index is 11.5. The topological polar surface area (TPSA) is 42.1 Å². The van der Waals surface area contributed by atoms with E-state index in [1.54, 1.807) is 13.2 Å². The monoisotopic (exact) mass is 329 g/mol. The van der Waals surface area contributed by atoms with Gasteiger partial charge in [-0.3, -0.25) is 4.79 Å². The van der Waals surface area contributed by atoms with Crippen LogP contribution in [-0.2, 0) is 0 Å². The molecule has 0 unspecified atom stereocenters. The van der Waals surface area contributed by atoms with Crippen LogP contribution in [0.3, 0.4) is 0 Å². The van der Waals surface area contributed by atoms with Gasteiger partial charge in [-0.15, -0.1) is 0 Å². The number of benzene rings is 2. The Bertz CT molecular complexity index is 839. The number of methoxy groups -OCH3 is 1. The molecule has 20 heavy (non-hydrogen) atoms. The number of rotatable bonds is 2. The minimum atomic E-state index is -0.110. The molecule has 1 heterocycles. The largest absolute Gasteiger partial charge is 0.496 e. The smallest absolute Gasteiger partial charge is 0.248 e. The fourth-order valence-electron chi connectivity index (χ4n) is 2.24. The summed E-state index contributed by atoms with van der Waals surface area (Å²) in [5, 5.41) is 0.942. The first kappa shape index (κ1) is 12.9. The summed E-state index contributed by atoms with van der Waals surface area (Å²) in [5.74, 6) is 0.774. The van der Waals surface area contributed by atoms with Gasteiger partial charge in [0, 0.05) is 27.0 Å². The van der Waals surface area contributed by atoms with Gasteiger partial charge in [-0.2, -0.15) is 0 Å². The summed E-state index contributed by atoms with van der Waals surface area (Å²) in [6.45, 7) is 0. The van der Waals surface area contributed by atoms with E-state index in [1.807, 2.05) is 36.4 Å². The van der Waals surface area contributed by atoms with Crippen molar-refractivity contribution in [2.24, 2.45) is 0 Å². The van der Waals surface area contributed by atoms with Gasteiger partial charge in [0.2, 0.25) is 5.56 Å². The third-order valence-electron chi connectivity index (χ3n) is 3.21. The average molecular weight is 330 g/mol. The van der Waals surface area contributed by atoms with Crippen molar-refractivity contribution in [1.82, 2.24) is 4.98 Å². The molecule has 0 fully saturated rings. The van der Waals surface area contributed by atoms with Gasteiger partial charge >= 0.3 is 0 Å². The minimum Gasteiger partial charge on any atom is -0.496 e. The third kappa shape index (κ3) is 2.23. The highest BCUT2D eigenvalue weighted by molar-refractivity contribution is 9.10. The third-order valence-corrected chi connectivity index (χ3v) is 3.90. The molecule has 0 saturated carbocycles. The van der Waals surface area contributed by atoms with Crippen LogP contribution in [0.5, 0.6) is 5.75 Å². The number of halogens is 1. The van der Waals surface area contributed by atoms with Crippen molar-refractivity contribution < 1.29 is 4.74 Å². The summed E-state index contributed by atoms with van der Waals surface area (Å²) in [6.07, 6.45) is 0. The Labute approximate surface area is 124 Å². The molecule has 0 radical (unpaired) electrons. The molecule has 0 aliphatic carbocycles. The lowest BCUT2D eigenvalue weighted by Gasteiger charge is -2.12. The molecule has 2 aromatic carbocycles. The van der Waals surface area contributed by atoms with Crippen LogP contribution >= 0.6 is 15.9 Å². The molecule has 4 heteroatoms. The molecular formula is C16H12BrNO2. The summed E-state index contributed by atoms with van der Waals surface area (Å²) in [6, 6.07) is 15.1. The molecule has 100 valence electrons. The van der Waals surface area contributed by atoms with E-state index in [9.17, 15) is 4.79 Å². The molecule has 0 atom stereocenters. The van der Waals surface area contributed by atoms with Crippen LogP contribution < -0.4 is 10.3 Å². The van der Waals surface area contributed by atoms with E-state index in [4.69, 9.17) is 4.74 Å². The number of H-pyrrole nitrogens is 1. The predicted octanol–water partition coefficient (Wildman–Crippen LogP) is 3.97. The lowest BCUT2D eigenvalue weighted by Crippen LogP contribution is -2.02. The van der Waals surface area contributed by atoms with Gasteiger partial charge in [-0.05, 0) is 29.8 Å². The van der Waals surface area contributed by atoms with E-state index in [0.29, 0.717) is 0 Å². The van der Waals surface area contributed by atoms with Crippen molar-refractivity contribution >= 4 is 26.8 Å². The summed E-state index contributed by atoms with van der Waals surface area (Å²) < 4.78 is 6.46. The highest BCUT2D eigenvalue weighted by Crippen LogP contribution is 2.36. The normalized spacial score (nSPS) is 10.7. The number of aromatic nitrogens is 1. The van der Waals surface area contributed by atoms with E-state index in [-0.39, 0.29) is 5.56 Å². The van der Waals surface area contributed by atoms with E-state index >= 15 is 0 Å². The highest BCUT2D eigenvalue weighted by Gasteiger charge is 2.10. The lowest BCUT2D eigenvalue weighted by atomic mass is 10.0. The van der Waals surface area contributed by atoms with Crippen LogP contribution in [0.1, 0.15) is 0 Å². The van der Waals surface area contributed by atoms with Gasteiger partial charge in [0.1, 0.15) is 5.75 Å². The Hall–Kier alpha value is -2.07. The van der Waals surface area contributed by atoms with Gasteiger partial charge in [0.05, 0.1) is 7.11 Å². The number of pyridine rings is 1. The van der Waals surface area contributed by atoms with Gasteiger partial charge in [-0.25, -0.2) is 0 Å². The first-order valence-electron chi connectivity index (χ1n) is 6.15. The second kappa shape index (κ2) is 5.13. The van der Waals surface area contributed by atoms with Crippen molar-refractivity contribution in [2.45, 2.75) is 0 Å². The molecule has 0 aliphatic rings.